The predicted octanol–water partition coefficient (Wildman–Crippen LogP) is 2.90. The first-order valence-corrected chi connectivity index (χ1v) is 3.66. The zero-order valence-electron chi connectivity index (χ0n) is 7.55. The van der Waals surface area contributed by atoms with Crippen LogP contribution in [-0.2, 0) is 4.79 Å². The van der Waals surface area contributed by atoms with E-state index in [2.05, 4.69) is 13.2 Å². The number of rotatable bonds is 3. The Morgan fingerprint density at radius 3 is 1.91 bits per heavy atom. The van der Waals surface area contributed by atoms with Gasteiger partial charge in [0.15, 0.2) is 0 Å². The molecule has 0 saturated carbocycles. The van der Waals surface area contributed by atoms with Crippen LogP contribution in [0.1, 0.15) is 20.8 Å². The summed E-state index contributed by atoms with van der Waals surface area (Å²) >= 11 is 0. The van der Waals surface area contributed by atoms with E-state index < -0.39 is 0 Å². The molecule has 0 N–H and O–H groups in total. The Morgan fingerprint density at radius 1 is 1.36 bits per heavy atom. The Balaban J connectivity index is 0. The van der Waals surface area contributed by atoms with Crippen LogP contribution >= 0.6 is 0 Å². The Hall–Kier alpha value is -1.11. The van der Waals surface area contributed by atoms with E-state index in [0.717, 1.165) is 11.9 Å². The van der Waals surface area contributed by atoms with Crippen LogP contribution in [-0.4, -0.2) is 6.29 Å². The van der Waals surface area contributed by atoms with Crippen molar-refractivity contribution in [3.63, 3.8) is 0 Å². The topological polar surface area (TPSA) is 17.1 Å². The largest absolute Gasteiger partial charge is 0.298 e. The summed E-state index contributed by atoms with van der Waals surface area (Å²) in [7, 11) is 0. The van der Waals surface area contributed by atoms with E-state index in [1.54, 1.807) is 19.1 Å². The maximum absolute atomic E-state index is 10.2. The van der Waals surface area contributed by atoms with Crippen molar-refractivity contribution in [3.05, 3.63) is 36.5 Å². The van der Waals surface area contributed by atoms with Crippen molar-refractivity contribution in [1.29, 1.82) is 0 Å². The van der Waals surface area contributed by atoms with Gasteiger partial charge in [-0.25, -0.2) is 0 Å². The van der Waals surface area contributed by atoms with Crippen LogP contribution < -0.4 is 0 Å². The Bertz CT molecular complexity index is 164. The minimum atomic E-state index is 0.602. The normalized spacial score (nSPS) is 9.18. The molecule has 0 aliphatic rings. The molecule has 0 aromatic carbocycles. The molecule has 0 rings (SSSR count). The first kappa shape index (κ1) is 12.6. The monoisotopic (exact) mass is 152 g/mol. The Labute approximate surface area is 69.1 Å². The second-order valence-electron chi connectivity index (χ2n) is 1.76. The summed E-state index contributed by atoms with van der Waals surface area (Å²) in [6.45, 7) is 12.8. The number of hydrogen-bond donors (Lipinski definition) is 0. The number of carbonyl (C=O) groups is 1. The third-order valence-corrected chi connectivity index (χ3v) is 0.917. The van der Waals surface area contributed by atoms with Crippen LogP contribution in [0.3, 0.4) is 0 Å². The number of allylic oxidation sites excluding steroid dienone is 4. The first-order chi connectivity index (χ1) is 5.22. The summed E-state index contributed by atoms with van der Waals surface area (Å²) in [4.78, 5) is 10.2. The van der Waals surface area contributed by atoms with E-state index in [0.29, 0.717) is 5.57 Å². The van der Waals surface area contributed by atoms with Gasteiger partial charge >= 0.3 is 0 Å². The van der Waals surface area contributed by atoms with Crippen molar-refractivity contribution in [3.8, 4) is 0 Å². The maximum Gasteiger partial charge on any atom is 0.150 e. The standard InChI is InChI=1S/C8H10O.C2H6/c1-4-5-8(6-9)7(2)3;1-2/h4-6H,1-2H2,3H3;1-2H3/b8-5-;. The lowest BCUT2D eigenvalue weighted by molar-refractivity contribution is -0.104. The van der Waals surface area contributed by atoms with Gasteiger partial charge in [-0.1, -0.05) is 39.2 Å². The molecule has 0 atom stereocenters. The lowest BCUT2D eigenvalue weighted by Crippen LogP contribution is -1.82. The molecule has 0 bridgehead atoms. The van der Waals surface area contributed by atoms with Crippen molar-refractivity contribution in [2.45, 2.75) is 20.8 Å². The molecule has 0 aliphatic heterocycles. The van der Waals surface area contributed by atoms with Gasteiger partial charge in [0.2, 0.25) is 0 Å². The molecule has 0 amide bonds. The van der Waals surface area contributed by atoms with E-state index in [9.17, 15) is 4.79 Å². The van der Waals surface area contributed by atoms with Gasteiger partial charge in [-0.2, -0.15) is 0 Å². The summed E-state index contributed by atoms with van der Waals surface area (Å²) in [5, 5.41) is 0. The lowest BCUT2D eigenvalue weighted by atomic mass is 10.1. The molecule has 0 aromatic rings. The third-order valence-electron chi connectivity index (χ3n) is 0.917. The molecule has 62 valence electrons. The van der Waals surface area contributed by atoms with Gasteiger partial charge in [-0.05, 0) is 12.5 Å². The van der Waals surface area contributed by atoms with Crippen molar-refractivity contribution in [1.82, 2.24) is 0 Å². The SMILES string of the molecule is C=C/C=C(/C=O)C(=C)C.CC. The summed E-state index contributed by atoms with van der Waals surface area (Å²) in [5.41, 5.74) is 1.37. The smallest absolute Gasteiger partial charge is 0.150 e. The number of hydrogen-bond acceptors (Lipinski definition) is 1. The first-order valence-electron chi connectivity index (χ1n) is 3.66. The molecule has 0 aromatic heterocycles. The van der Waals surface area contributed by atoms with E-state index in [1.807, 2.05) is 13.8 Å². The van der Waals surface area contributed by atoms with Crippen LogP contribution in [0.5, 0.6) is 0 Å². The average Bonchev–Trinajstić information content (AvgIpc) is 2.03. The van der Waals surface area contributed by atoms with E-state index >= 15 is 0 Å². The fourth-order valence-corrected chi connectivity index (χ4v) is 0.409. The number of aldehydes is 1. The van der Waals surface area contributed by atoms with Crippen LogP contribution in [0.2, 0.25) is 0 Å². The number of carbonyl (C=O) groups excluding carboxylic acids is 1. The van der Waals surface area contributed by atoms with Crippen molar-refractivity contribution < 1.29 is 4.79 Å². The lowest BCUT2D eigenvalue weighted by Gasteiger charge is -1.91. The van der Waals surface area contributed by atoms with E-state index in [4.69, 9.17) is 0 Å². The Morgan fingerprint density at radius 2 is 1.82 bits per heavy atom. The summed E-state index contributed by atoms with van der Waals surface area (Å²) < 4.78 is 0. The van der Waals surface area contributed by atoms with Crippen molar-refractivity contribution in [2.24, 2.45) is 0 Å². The van der Waals surface area contributed by atoms with Crippen LogP contribution in [0, 0.1) is 0 Å². The fourth-order valence-electron chi connectivity index (χ4n) is 0.409. The van der Waals surface area contributed by atoms with Gasteiger partial charge in [0, 0.05) is 5.57 Å². The van der Waals surface area contributed by atoms with E-state index in [1.165, 1.54) is 0 Å². The zero-order chi connectivity index (χ0) is 9.28. The molecule has 0 aliphatic carbocycles. The molecule has 1 heteroatoms. The van der Waals surface area contributed by atoms with Gasteiger partial charge < -0.3 is 0 Å². The highest BCUT2D eigenvalue weighted by atomic mass is 16.1. The molecule has 0 saturated heterocycles. The van der Waals surface area contributed by atoms with Crippen molar-refractivity contribution in [2.75, 3.05) is 0 Å². The molecule has 11 heavy (non-hydrogen) atoms. The highest BCUT2D eigenvalue weighted by Crippen LogP contribution is 2.01. The van der Waals surface area contributed by atoms with Gasteiger partial charge in [-0.15, -0.1) is 0 Å². The highest BCUT2D eigenvalue weighted by molar-refractivity contribution is 5.79. The molecule has 0 unspecified atom stereocenters. The fraction of sp³-hybridized carbons (Fsp3) is 0.300. The zero-order valence-corrected chi connectivity index (χ0v) is 7.55. The minimum Gasteiger partial charge on any atom is -0.298 e. The van der Waals surface area contributed by atoms with Gasteiger partial charge in [0.25, 0.3) is 0 Å². The molecular weight excluding hydrogens is 136 g/mol. The average molecular weight is 152 g/mol. The van der Waals surface area contributed by atoms with Gasteiger partial charge in [0.1, 0.15) is 6.29 Å². The Kier molecular flexibility index (Phi) is 10.1. The molecular formula is C10H16O. The minimum absolute atomic E-state index is 0.602. The molecule has 0 spiro atoms. The van der Waals surface area contributed by atoms with Crippen molar-refractivity contribution >= 4 is 6.29 Å². The molecule has 1 nitrogen and oxygen atoms in total. The summed E-state index contributed by atoms with van der Waals surface area (Å²) in [6.07, 6.45) is 3.97. The summed E-state index contributed by atoms with van der Waals surface area (Å²) in [6, 6.07) is 0. The quantitative estimate of drug-likeness (QED) is 0.345. The second kappa shape index (κ2) is 8.89. The second-order valence-corrected chi connectivity index (χ2v) is 1.76. The highest BCUT2D eigenvalue weighted by Gasteiger charge is 1.90. The van der Waals surface area contributed by atoms with E-state index in [-0.39, 0.29) is 0 Å². The molecule has 0 heterocycles. The maximum atomic E-state index is 10.2. The molecule has 0 fully saturated rings. The predicted molar refractivity (Wildman–Crippen MR) is 50.5 cm³/mol. The van der Waals surface area contributed by atoms with Crippen LogP contribution in [0.15, 0.2) is 36.5 Å². The van der Waals surface area contributed by atoms with Crippen LogP contribution in [0.4, 0.5) is 0 Å². The molecule has 0 radical (unpaired) electrons. The summed E-state index contributed by atoms with van der Waals surface area (Å²) in [5.74, 6) is 0. The van der Waals surface area contributed by atoms with Gasteiger partial charge in [-0.3, -0.25) is 4.79 Å². The van der Waals surface area contributed by atoms with Gasteiger partial charge in [0.05, 0.1) is 0 Å². The van der Waals surface area contributed by atoms with Crippen LogP contribution in [0.25, 0.3) is 0 Å². The third kappa shape index (κ3) is 6.78.